The highest BCUT2D eigenvalue weighted by Gasteiger charge is 2.47. The molecule has 2 aromatic rings. The molecule has 0 radical (unpaired) electrons. The van der Waals surface area contributed by atoms with Crippen molar-refractivity contribution in [1.29, 1.82) is 0 Å². The molecule has 0 spiro atoms. The Balaban J connectivity index is 1.76. The van der Waals surface area contributed by atoms with Gasteiger partial charge in [0.15, 0.2) is 0 Å². The molecule has 7 nitrogen and oxygen atoms in total. The highest BCUT2D eigenvalue weighted by Crippen LogP contribution is 2.51. The van der Waals surface area contributed by atoms with E-state index >= 15 is 0 Å². The van der Waals surface area contributed by atoms with Crippen LogP contribution in [0, 0.1) is 5.92 Å². The van der Waals surface area contributed by atoms with Gasteiger partial charge in [-0.05, 0) is 42.3 Å². The fourth-order valence-electron chi connectivity index (χ4n) is 4.23. The van der Waals surface area contributed by atoms with Gasteiger partial charge in [-0.15, -0.1) is 0 Å². The van der Waals surface area contributed by atoms with Gasteiger partial charge >= 0.3 is 6.09 Å². The highest BCUT2D eigenvalue weighted by atomic mass is 16.6. The molecule has 2 aliphatic heterocycles. The normalized spacial score (nSPS) is 22.6. The highest BCUT2D eigenvalue weighted by molar-refractivity contribution is 5.95. The molecule has 0 saturated carbocycles. The van der Waals surface area contributed by atoms with Gasteiger partial charge in [-0.3, -0.25) is 4.79 Å². The number of ether oxygens (including phenoxy) is 1. The van der Waals surface area contributed by atoms with E-state index in [-0.39, 0.29) is 36.6 Å². The number of likely N-dealkylation sites (tertiary alicyclic amines) is 1. The molecule has 1 aromatic carbocycles. The second kappa shape index (κ2) is 7.42. The van der Waals surface area contributed by atoms with Crippen molar-refractivity contribution in [2.45, 2.75) is 18.5 Å². The summed E-state index contributed by atoms with van der Waals surface area (Å²) < 4.78 is 11.0. The van der Waals surface area contributed by atoms with Gasteiger partial charge in [0.2, 0.25) is 0 Å². The fraction of sp³-hybridized carbons (Fsp3) is 0.333. The molecule has 28 heavy (non-hydrogen) atoms. The molecule has 2 N–H and O–H groups in total. The number of furan rings is 1. The van der Waals surface area contributed by atoms with E-state index in [1.165, 1.54) is 0 Å². The molecule has 0 aliphatic carbocycles. The number of anilines is 1. The lowest BCUT2D eigenvalue weighted by molar-refractivity contribution is 0.0962. The van der Waals surface area contributed by atoms with Crippen molar-refractivity contribution in [1.82, 2.24) is 10.2 Å². The minimum absolute atomic E-state index is 0.0597. The number of benzene rings is 1. The smallest absolute Gasteiger partial charge is 0.410 e. The van der Waals surface area contributed by atoms with Gasteiger partial charge in [-0.1, -0.05) is 12.7 Å². The third-order valence-electron chi connectivity index (χ3n) is 5.45. The van der Waals surface area contributed by atoms with Gasteiger partial charge in [-0.25, -0.2) is 4.79 Å². The molecule has 3 atom stereocenters. The lowest BCUT2D eigenvalue weighted by atomic mass is 9.81. The Bertz CT molecular complexity index is 893. The van der Waals surface area contributed by atoms with Crippen molar-refractivity contribution in [2.75, 3.05) is 25.5 Å². The first kappa shape index (κ1) is 18.2. The Morgan fingerprint density at radius 3 is 3.00 bits per heavy atom. The Morgan fingerprint density at radius 1 is 1.43 bits per heavy atom. The zero-order chi connectivity index (χ0) is 19.7. The van der Waals surface area contributed by atoms with Crippen molar-refractivity contribution in [3.05, 3.63) is 66.1 Å². The molecule has 1 fully saturated rings. The third-order valence-corrected chi connectivity index (χ3v) is 5.45. The van der Waals surface area contributed by atoms with Crippen molar-refractivity contribution >= 4 is 17.7 Å². The SMILES string of the molecule is C=CCOC(=O)N1CCC2C(c3ccco3)Nc3ccc(C(=O)NC)cc3C21. The molecule has 2 amide bonds. The minimum Gasteiger partial charge on any atom is -0.467 e. The van der Waals surface area contributed by atoms with Crippen LogP contribution in [-0.2, 0) is 4.74 Å². The maximum absolute atomic E-state index is 12.7. The van der Waals surface area contributed by atoms with E-state index in [2.05, 4.69) is 17.2 Å². The molecule has 146 valence electrons. The number of nitrogens with zero attached hydrogens (tertiary/aromatic N) is 1. The predicted octanol–water partition coefficient (Wildman–Crippen LogP) is 3.49. The van der Waals surface area contributed by atoms with Crippen LogP contribution in [-0.4, -0.2) is 37.1 Å². The maximum atomic E-state index is 12.7. The van der Waals surface area contributed by atoms with E-state index < -0.39 is 0 Å². The lowest BCUT2D eigenvalue weighted by Crippen LogP contribution is -2.38. The predicted molar refractivity (Wildman–Crippen MR) is 104 cm³/mol. The topological polar surface area (TPSA) is 83.8 Å². The molecule has 1 aromatic heterocycles. The van der Waals surface area contributed by atoms with Gasteiger partial charge in [-0.2, -0.15) is 0 Å². The molecule has 1 saturated heterocycles. The average molecular weight is 381 g/mol. The summed E-state index contributed by atoms with van der Waals surface area (Å²) in [5.74, 6) is 0.776. The van der Waals surface area contributed by atoms with Gasteiger partial charge in [0.1, 0.15) is 12.4 Å². The van der Waals surface area contributed by atoms with Gasteiger partial charge in [0.05, 0.1) is 18.3 Å². The number of hydrogen-bond donors (Lipinski definition) is 2. The van der Waals surface area contributed by atoms with Crippen LogP contribution in [0.3, 0.4) is 0 Å². The van der Waals surface area contributed by atoms with Crippen LogP contribution in [0.5, 0.6) is 0 Å². The van der Waals surface area contributed by atoms with E-state index in [1.807, 2.05) is 24.3 Å². The first-order chi connectivity index (χ1) is 13.6. The Morgan fingerprint density at radius 2 is 2.29 bits per heavy atom. The molecule has 3 heterocycles. The third kappa shape index (κ3) is 3.02. The summed E-state index contributed by atoms with van der Waals surface area (Å²) in [5.41, 5.74) is 2.37. The summed E-state index contributed by atoms with van der Waals surface area (Å²) in [7, 11) is 1.60. The van der Waals surface area contributed by atoms with Crippen LogP contribution in [0.1, 0.15) is 40.2 Å². The van der Waals surface area contributed by atoms with Crippen molar-refractivity contribution in [3.63, 3.8) is 0 Å². The quantitative estimate of drug-likeness (QED) is 0.792. The van der Waals surface area contributed by atoms with Gasteiger partial charge < -0.3 is 24.7 Å². The summed E-state index contributed by atoms with van der Waals surface area (Å²) in [6.45, 7) is 4.34. The number of rotatable bonds is 4. The molecular weight excluding hydrogens is 358 g/mol. The standard InChI is InChI=1S/C21H23N3O4/c1-3-10-28-21(26)24-9-8-14-18(17-5-4-11-27-17)23-16-7-6-13(20(25)22-2)12-15(16)19(14)24/h3-7,11-12,14,18-19,23H,1,8-10H2,2H3,(H,22,25). The lowest BCUT2D eigenvalue weighted by Gasteiger charge is -2.38. The van der Waals surface area contributed by atoms with Crippen molar-refractivity contribution in [2.24, 2.45) is 5.92 Å². The van der Waals surface area contributed by atoms with Crippen LogP contribution >= 0.6 is 0 Å². The molecular formula is C21H23N3O4. The van der Waals surface area contributed by atoms with Crippen LogP contribution in [0.2, 0.25) is 0 Å². The summed E-state index contributed by atoms with van der Waals surface area (Å²) in [6.07, 6.45) is 3.64. The first-order valence-corrected chi connectivity index (χ1v) is 9.34. The van der Waals surface area contributed by atoms with Crippen LogP contribution in [0.4, 0.5) is 10.5 Å². The second-order valence-corrected chi connectivity index (χ2v) is 6.97. The van der Waals surface area contributed by atoms with Crippen LogP contribution in [0.25, 0.3) is 0 Å². The van der Waals surface area contributed by atoms with E-state index in [9.17, 15) is 9.59 Å². The Labute approximate surface area is 163 Å². The largest absolute Gasteiger partial charge is 0.467 e. The molecule has 0 bridgehead atoms. The number of hydrogen-bond acceptors (Lipinski definition) is 5. The van der Waals surface area contributed by atoms with E-state index in [4.69, 9.17) is 9.15 Å². The van der Waals surface area contributed by atoms with Crippen molar-refractivity contribution < 1.29 is 18.7 Å². The van der Waals surface area contributed by atoms with Crippen LogP contribution in [0.15, 0.2) is 53.7 Å². The van der Waals surface area contributed by atoms with Crippen LogP contribution < -0.4 is 10.6 Å². The number of nitrogens with one attached hydrogen (secondary N) is 2. The second-order valence-electron chi connectivity index (χ2n) is 6.97. The molecule has 4 rings (SSSR count). The summed E-state index contributed by atoms with van der Waals surface area (Å²) >= 11 is 0. The van der Waals surface area contributed by atoms with Gasteiger partial charge in [0, 0.05) is 30.8 Å². The van der Waals surface area contributed by atoms with E-state index in [0.29, 0.717) is 12.1 Å². The maximum Gasteiger partial charge on any atom is 0.410 e. The van der Waals surface area contributed by atoms with Gasteiger partial charge in [0.25, 0.3) is 5.91 Å². The number of carbonyl (C=O) groups is 2. The number of carbonyl (C=O) groups excluding carboxylic acids is 2. The molecule has 7 heteroatoms. The number of fused-ring (bicyclic) bond motifs is 3. The summed E-state index contributed by atoms with van der Waals surface area (Å²) in [6, 6.07) is 9.07. The summed E-state index contributed by atoms with van der Waals surface area (Å²) in [4.78, 5) is 26.6. The zero-order valence-electron chi connectivity index (χ0n) is 15.7. The average Bonchev–Trinajstić information content (AvgIpc) is 3.40. The van der Waals surface area contributed by atoms with Crippen molar-refractivity contribution in [3.8, 4) is 0 Å². The van der Waals surface area contributed by atoms with E-state index in [1.54, 1.807) is 30.4 Å². The fourth-order valence-corrected chi connectivity index (χ4v) is 4.23. The van der Waals surface area contributed by atoms with E-state index in [0.717, 1.165) is 23.4 Å². The Hall–Kier alpha value is -3.22. The minimum atomic E-state index is -0.371. The molecule has 2 aliphatic rings. The summed E-state index contributed by atoms with van der Waals surface area (Å²) in [5, 5.41) is 6.19. The zero-order valence-corrected chi connectivity index (χ0v) is 15.7. The monoisotopic (exact) mass is 381 g/mol. The first-order valence-electron chi connectivity index (χ1n) is 9.34. The Kier molecular flexibility index (Phi) is 4.81. The molecule has 3 unspecified atom stereocenters. The number of amides is 2.